The van der Waals surface area contributed by atoms with Crippen LogP contribution in [-0.4, -0.2) is 4.57 Å². The van der Waals surface area contributed by atoms with E-state index in [-0.39, 0.29) is 12.4 Å². The second-order valence-electron chi connectivity index (χ2n) is 3.36. The van der Waals surface area contributed by atoms with Crippen molar-refractivity contribution >= 4 is 10.9 Å². The average molecular weight is 203 g/mol. The molecule has 0 spiro atoms. The minimum Gasteiger partial charge on any atom is -0.335 e. The molecular formula is C11H10FN3. The predicted molar refractivity (Wildman–Crippen MR) is 55.5 cm³/mol. The van der Waals surface area contributed by atoms with E-state index in [9.17, 15) is 4.39 Å². The topological polar surface area (TPSA) is 54.7 Å². The molecule has 2 N–H and O–H groups in total. The molecule has 2 rings (SSSR count). The summed E-state index contributed by atoms with van der Waals surface area (Å²) in [5.41, 5.74) is 7.60. The highest BCUT2D eigenvalue weighted by Gasteiger charge is 2.13. The molecule has 0 aliphatic carbocycles. The molecule has 3 nitrogen and oxygen atoms in total. The van der Waals surface area contributed by atoms with E-state index in [1.807, 2.05) is 0 Å². The summed E-state index contributed by atoms with van der Waals surface area (Å²) in [5.74, 6) is -0.313. The zero-order valence-corrected chi connectivity index (χ0v) is 8.29. The van der Waals surface area contributed by atoms with E-state index in [1.165, 1.54) is 12.1 Å². The van der Waals surface area contributed by atoms with Crippen LogP contribution < -0.4 is 5.73 Å². The Morgan fingerprint density at radius 2 is 2.27 bits per heavy atom. The molecule has 1 heterocycles. The van der Waals surface area contributed by atoms with E-state index in [2.05, 4.69) is 6.07 Å². The molecule has 0 amide bonds. The number of benzene rings is 1. The van der Waals surface area contributed by atoms with E-state index in [0.29, 0.717) is 11.3 Å². The lowest BCUT2D eigenvalue weighted by Gasteiger charge is -1.95. The lowest BCUT2D eigenvalue weighted by Crippen LogP contribution is -1.99. The molecule has 0 aliphatic rings. The number of fused-ring (bicyclic) bond motifs is 1. The van der Waals surface area contributed by atoms with Crippen molar-refractivity contribution in [3.8, 4) is 6.07 Å². The molecule has 0 fully saturated rings. The van der Waals surface area contributed by atoms with Crippen molar-refractivity contribution in [1.82, 2.24) is 4.57 Å². The molecule has 0 bridgehead atoms. The molecule has 2 aromatic rings. The van der Waals surface area contributed by atoms with E-state index in [0.717, 1.165) is 10.9 Å². The van der Waals surface area contributed by atoms with Crippen molar-refractivity contribution in [3.63, 3.8) is 0 Å². The zero-order chi connectivity index (χ0) is 11.0. The molecule has 0 radical (unpaired) electrons. The first-order valence-electron chi connectivity index (χ1n) is 4.56. The van der Waals surface area contributed by atoms with Gasteiger partial charge in [-0.05, 0) is 18.2 Å². The van der Waals surface area contributed by atoms with Gasteiger partial charge in [0.05, 0.1) is 0 Å². The summed E-state index contributed by atoms with van der Waals surface area (Å²) in [5, 5.41) is 9.70. The molecule has 0 aliphatic heterocycles. The number of aryl methyl sites for hydroxylation is 1. The minimum atomic E-state index is -0.313. The fourth-order valence-corrected chi connectivity index (χ4v) is 1.84. The number of aromatic nitrogens is 1. The Morgan fingerprint density at radius 1 is 1.53 bits per heavy atom. The number of nitriles is 1. The Bertz CT molecular complexity index is 563. The summed E-state index contributed by atoms with van der Waals surface area (Å²) < 4.78 is 14.8. The van der Waals surface area contributed by atoms with Crippen LogP contribution in [0.3, 0.4) is 0 Å². The third-order valence-corrected chi connectivity index (χ3v) is 2.58. The van der Waals surface area contributed by atoms with Gasteiger partial charge < -0.3 is 10.3 Å². The van der Waals surface area contributed by atoms with Crippen molar-refractivity contribution in [2.45, 2.75) is 6.54 Å². The lowest BCUT2D eigenvalue weighted by atomic mass is 10.1. The highest BCUT2D eigenvalue weighted by molar-refractivity contribution is 5.86. The number of halogens is 1. The molecule has 15 heavy (non-hydrogen) atoms. The molecule has 0 atom stereocenters. The van der Waals surface area contributed by atoms with Crippen LogP contribution in [0.4, 0.5) is 4.39 Å². The van der Waals surface area contributed by atoms with Crippen LogP contribution in [0.15, 0.2) is 18.2 Å². The number of hydrogen-bond acceptors (Lipinski definition) is 2. The fraction of sp³-hybridized carbons (Fsp3) is 0.182. The van der Waals surface area contributed by atoms with Crippen LogP contribution in [0.1, 0.15) is 11.3 Å². The normalized spacial score (nSPS) is 10.5. The summed E-state index contributed by atoms with van der Waals surface area (Å²) in [7, 11) is 1.78. The zero-order valence-electron chi connectivity index (χ0n) is 8.29. The molecular weight excluding hydrogens is 193 g/mol. The van der Waals surface area contributed by atoms with Gasteiger partial charge in [0, 0.05) is 30.1 Å². The van der Waals surface area contributed by atoms with Crippen LogP contribution in [0.5, 0.6) is 0 Å². The Labute approximate surface area is 86.5 Å². The van der Waals surface area contributed by atoms with Gasteiger partial charge in [-0.3, -0.25) is 0 Å². The van der Waals surface area contributed by atoms with Crippen molar-refractivity contribution in [2.24, 2.45) is 12.8 Å². The fourth-order valence-electron chi connectivity index (χ4n) is 1.84. The van der Waals surface area contributed by atoms with Crippen molar-refractivity contribution < 1.29 is 4.39 Å². The molecule has 1 aromatic carbocycles. The second kappa shape index (κ2) is 3.37. The predicted octanol–water partition coefficient (Wildman–Crippen LogP) is 1.65. The standard InChI is InChI=1S/C11H10FN3/c1-15-10-3-2-7(12)4-8(10)9(5-13)11(15)6-14/h2-4H,5,13H2,1H3. The van der Waals surface area contributed by atoms with Gasteiger partial charge in [0.2, 0.25) is 0 Å². The molecule has 1 aromatic heterocycles. The Hall–Kier alpha value is -1.86. The Balaban J connectivity index is 2.93. The van der Waals surface area contributed by atoms with E-state index in [4.69, 9.17) is 11.0 Å². The third kappa shape index (κ3) is 1.29. The van der Waals surface area contributed by atoms with Gasteiger partial charge in [-0.1, -0.05) is 0 Å². The van der Waals surface area contributed by atoms with Crippen molar-refractivity contribution in [2.75, 3.05) is 0 Å². The number of nitrogens with zero attached hydrogens (tertiary/aromatic N) is 2. The van der Waals surface area contributed by atoms with Crippen molar-refractivity contribution in [1.29, 1.82) is 5.26 Å². The molecule has 0 unspecified atom stereocenters. The molecule has 76 valence electrons. The summed E-state index contributed by atoms with van der Waals surface area (Å²) >= 11 is 0. The number of rotatable bonds is 1. The van der Waals surface area contributed by atoms with Crippen LogP contribution in [0.2, 0.25) is 0 Å². The van der Waals surface area contributed by atoms with Crippen LogP contribution in [0.25, 0.3) is 10.9 Å². The van der Waals surface area contributed by atoms with Gasteiger partial charge >= 0.3 is 0 Å². The first-order valence-corrected chi connectivity index (χ1v) is 4.56. The Kier molecular flexibility index (Phi) is 2.18. The van der Waals surface area contributed by atoms with Gasteiger partial charge in [0.25, 0.3) is 0 Å². The SMILES string of the molecule is Cn1c(C#N)c(CN)c2cc(F)ccc21. The molecule has 0 saturated heterocycles. The number of hydrogen-bond donors (Lipinski definition) is 1. The summed E-state index contributed by atoms with van der Waals surface area (Å²) in [6.07, 6.45) is 0. The average Bonchev–Trinajstić information content (AvgIpc) is 2.50. The van der Waals surface area contributed by atoms with Gasteiger partial charge in [0.15, 0.2) is 0 Å². The maximum atomic E-state index is 13.1. The van der Waals surface area contributed by atoms with Gasteiger partial charge in [-0.25, -0.2) is 4.39 Å². The van der Waals surface area contributed by atoms with Gasteiger partial charge in [0.1, 0.15) is 17.6 Å². The maximum absolute atomic E-state index is 13.1. The highest BCUT2D eigenvalue weighted by Crippen LogP contribution is 2.25. The van der Waals surface area contributed by atoms with E-state index < -0.39 is 0 Å². The van der Waals surface area contributed by atoms with Gasteiger partial charge in [-0.2, -0.15) is 5.26 Å². The second-order valence-corrected chi connectivity index (χ2v) is 3.36. The first kappa shape index (κ1) is 9.69. The highest BCUT2D eigenvalue weighted by atomic mass is 19.1. The molecule has 0 saturated carbocycles. The summed E-state index contributed by atoms with van der Waals surface area (Å²) in [6.45, 7) is 0.240. The summed E-state index contributed by atoms with van der Waals surface area (Å²) in [4.78, 5) is 0. The minimum absolute atomic E-state index is 0.240. The van der Waals surface area contributed by atoms with Crippen LogP contribution in [0, 0.1) is 17.1 Å². The monoisotopic (exact) mass is 203 g/mol. The van der Waals surface area contributed by atoms with Crippen molar-refractivity contribution in [3.05, 3.63) is 35.3 Å². The third-order valence-electron chi connectivity index (χ3n) is 2.58. The summed E-state index contributed by atoms with van der Waals surface area (Å²) in [6, 6.07) is 6.54. The van der Waals surface area contributed by atoms with E-state index >= 15 is 0 Å². The van der Waals surface area contributed by atoms with Gasteiger partial charge in [-0.15, -0.1) is 0 Å². The number of nitrogens with two attached hydrogens (primary N) is 1. The quantitative estimate of drug-likeness (QED) is 0.766. The van der Waals surface area contributed by atoms with Crippen LogP contribution >= 0.6 is 0 Å². The largest absolute Gasteiger partial charge is 0.335 e. The maximum Gasteiger partial charge on any atom is 0.125 e. The Morgan fingerprint density at radius 3 is 2.87 bits per heavy atom. The molecule has 4 heteroatoms. The van der Waals surface area contributed by atoms with E-state index in [1.54, 1.807) is 17.7 Å². The first-order chi connectivity index (χ1) is 7.19. The smallest absolute Gasteiger partial charge is 0.125 e. The lowest BCUT2D eigenvalue weighted by molar-refractivity contribution is 0.629. The van der Waals surface area contributed by atoms with Crippen LogP contribution in [-0.2, 0) is 13.6 Å².